The second kappa shape index (κ2) is 6.89. The first-order valence-corrected chi connectivity index (χ1v) is 8.63. The van der Waals surface area contributed by atoms with Crippen LogP contribution in [0.15, 0.2) is 27.6 Å². The Hall–Kier alpha value is -0.630. The van der Waals surface area contributed by atoms with Crippen molar-refractivity contribution in [3.05, 3.63) is 22.7 Å². The minimum absolute atomic E-state index is 0.153. The number of halogens is 1. The van der Waals surface area contributed by atoms with Crippen LogP contribution in [-0.2, 0) is 10.0 Å². The zero-order valence-corrected chi connectivity index (χ0v) is 14.6. The van der Waals surface area contributed by atoms with Crippen molar-refractivity contribution in [2.24, 2.45) is 5.92 Å². The molecule has 0 aliphatic rings. The second-order valence-corrected chi connectivity index (χ2v) is 7.99. The van der Waals surface area contributed by atoms with E-state index < -0.39 is 10.0 Å². The molecule has 5 nitrogen and oxygen atoms in total. The van der Waals surface area contributed by atoms with Gasteiger partial charge < -0.3 is 10.6 Å². The van der Waals surface area contributed by atoms with Gasteiger partial charge in [-0.2, -0.15) is 0 Å². The number of nitrogens with two attached hydrogens (primary N) is 1. The lowest BCUT2D eigenvalue weighted by atomic mass is 10.1. The summed E-state index contributed by atoms with van der Waals surface area (Å²) in [5, 5.41) is 0. The van der Waals surface area contributed by atoms with Crippen molar-refractivity contribution in [1.29, 1.82) is 0 Å². The number of hydrogen-bond acceptors (Lipinski definition) is 4. The Labute approximate surface area is 129 Å². The largest absolute Gasteiger partial charge is 0.398 e. The molecular formula is C13H22BrN3O2S. The van der Waals surface area contributed by atoms with E-state index in [1.807, 2.05) is 32.8 Å². The van der Waals surface area contributed by atoms with Crippen LogP contribution >= 0.6 is 15.9 Å². The predicted molar refractivity (Wildman–Crippen MR) is 86.1 cm³/mol. The number of likely N-dealkylation sites (N-methyl/N-ethyl adjacent to an activating group) is 1. The van der Waals surface area contributed by atoms with E-state index in [0.29, 0.717) is 16.7 Å². The standard InChI is InChI=1S/C13H22BrN3O2S/c1-9(2)13(8-17(3)4)16-20(18,19)10-5-6-11(14)12(15)7-10/h5-7,9,13,16H,8,15H2,1-4H3. The lowest BCUT2D eigenvalue weighted by Gasteiger charge is -2.25. The number of nitrogens with zero attached hydrogens (tertiary/aromatic N) is 1. The predicted octanol–water partition coefficient (Wildman–Crippen LogP) is 1.90. The fourth-order valence-electron chi connectivity index (χ4n) is 1.73. The SMILES string of the molecule is CC(C)C(CN(C)C)NS(=O)(=O)c1ccc(Br)c(N)c1. The highest BCUT2D eigenvalue weighted by atomic mass is 79.9. The smallest absolute Gasteiger partial charge is 0.240 e. The van der Waals surface area contributed by atoms with Gasteiger partial charge in [-0.3, -0.25) is 0 Å². The van der Waals surface area contributed by atoms with Crippen molar-refractivity contribution >= 4 is 31.6 Å². The number of anilines is 1. The van der Waals surface area contributed by atoms with E-state index in [9.17, 15) is 8.42 Å². The first-order chi connectivity index (χ1) is 9.13. The van der Waals surface area contributed by atoms with Crippen LogP contribution in [0.2, 0.25) is 0 Å². The van der Waals surface area contributed by atoms with E-state index in [2.05, 4.69) is 20.7 Å². The molecule has 0 fully saturated rings. The quantitative estimate of drug-likeness (QED) is 0.756. The van der Waals surface area contributed by atoms with E-state index in [1.54, 1.807) is 6.07 Å². The number of nitrogens with one attached hydrogen (secondary N) is 1. The maximum absolute atomic E-state index is 12.4. The Morgan fingerprint density at radius 3 is 2.40 bits per heavy atom. The van der Waals surface area contributed by atoms with Gasteiger partial charge in [0.1, 0.15) is 0 Å². The molecule has 0 saturated carbocycles. The summed E-state index contributed by atoms with van der Waals surface area (Å²) < 4.78 is 28.2. The normalized spacial score (nSPS) is 13.9. The van der Waals surface area contributed by atoms with Crippen LogP contribution in [0.3, 0.4) is 0 Å². The highest BCUT2D eigenvalue weighted by molar-refractivity contribution is 9.10. The zero-order chi connectivity index (χ0) is 15.5. The molecule has 0 aliphatic carbocycles. The number of benzene rings is 1. The van der Waals surface area contributed by atoms with Crippen molar-refractivity contribution in [1.82, 2.24) is 9.62 Å². The molecule has 0 spiro atoms. The van der Waals surface area contributed by atoms with Gasteiger partial charge in [0.2, 0.25) is 10.0 Å². The molecule has 1 unspecified atom stereocenters. The minimum atomic E-state index is -3.57. The average molecular weight is 364 g/mol. The monoisotopic (exact) mass is 363 g/mol. The molecule has 0 saturated heterocycles. The van der Waals surface area contributed by atoms with E-state index in [1.165, 1.54) is 12.1 Å². The third kappa shape index (κ3) is 4.73. The summed E-state index contributed by atoms with van der Waals surface area (Å²) in [4.78, 5) is 2.14. The summed E-state index contributed by atoms with van der Waals surface area (Å²) in [6.45, 7) is 4.63. The lowest BCUT2D eigenvalue weighted by Crippen LogP contribution is -2.44. The van der Waals surface area contributed by atoms with Crippen molar-refractivity contribution in [3.63, 3.8) is 0 Å². The Morgan fingerprint density at radius 2 is 1.95 bits per heavy atom. The van der Waals surface area contributed by atoms with Crippen LogP contribution in [0.4, 0.5) is 5.69 Å². The molecule has 114 valence electrons. The van der Waals surface area contributed by atoms with E-state index in [-0.39, 0.29) is 16.9 Å². The molecule has 0 radical (unpaired) electrons. The molecule has 1 atom stereocenters. The summed E-state index contributed by atoms with van der Waals surface area (Å²) >= 11 is 3.26. The second-order valence-electron chi connectivity index (χ2n) is 5.42. The van der Waals surface area contributed by atoms with Gasteiger partial charge in [0.05, 0.1) is 4.90 Å². The molecule has 0 heterocycles. The van der Waals surface area contributed by atoms with Crippen molar-refractivity contribution in [3.8, 4) is 0 Å². The van der Waals surface area contributed by atoms with Crippen LogP contribution in [0.1, 0.15) is 13.8 Å². The van der Waals surface area contributed by atoms with Gasteiger partial charge in [0, 0.05) is 22.7 Å². The van der Waals surface area contributed by atoms with Gasteiger partial charge in [-0.1, -0.05) is 13.8 Å². The molecule has 1 aromatic rings. The molecule has 0 aliphatic heterocycles. The molecule has 0 aromatic heterocycles. The third-order valence-corrected chi connectivity index (χ3v) is 5.16. The first kappa shape index (κ1) is 17.4. The maximum atomic E-state index is 12.4. The van der Waals surface area contributed by atoms with Crippen LogP contribution < -0.4 is 10.5 Å². The van der Waals surface area contributed by atoms with Gasteiger partial charge >= 0.3 is 0 Å². The average Bonchev–Trinajstić information content (AvgIpc) is 2.30. The highest BCUT2D eigenvalue weighted by Gasteiger charge is 2.23. The summed E-state index contributed by atoms with van der Waals surface area (Å²) in [7, 11) is 0.269. The van der Waals surface area contributed by atoms with Crippen LogP contribution in [-0.4, -0.2) is 40.0 Å². The third-order valence-electron chi connectivity index (χ3n) is 2.95. The molecule has 7 heteroatoms. The van der Waals surface area contributed by atoms with Crippen molar-refractivity contribution in [2.75, 3.05) is 26.4 Å². The number of sulfonamides is 1. The Kier molecular flexibility index (Phi) is 6.00. The summed E-state index contributed by atoms with van der Waals surface area (Å²) in [5.41, 5.74) is 6.15. The number of hydrogen-bond donors (Lipinski definition) is 2. The molecule has 1 rings (SSSR count). The Balaban J connectivity index is 3.00. The zero-order valence-electron chi connectivity index (χ0n) is 12.2. The van der Waals surface area contributed by atoms with Gasteiger partial charge in [-0.25, -0.2) is 13.1 Å². The van der Waals surface area contributed by atoms with Crippen LogP contribution in [0.5, 0.6) is 0 Å². The van der Waals surface area contributed by atoms with Gasteiger partial charge in [0.25, 0.3) is 0 Å². The fraction of sp³-hybridized carbons (Fsp3) is 0.538. The minimum Gasteiger partial charge on any atom is -0.398 e. The topological polar surface area (TPSA) is 75.4 Å². The van der Waals surface area contributed by atoms with Crippen molar-refractivity contribution in [2.45, 2.75) is 24.8 Å². The van der Waals surface area contributed by atoms with Gasteiger partial charge in [-0.15, -0.1) is 0 Å². The van der Waals surface area contributed by atoms with Crippen LogP contribution in [0.25, 0.3) is 0 Å². The van der Waals surface area contributed by atoms with E-state index in [4.69, 9.17) is 5.73 Å². The van der Waals surface area contributed by atoms with Gasteiger partial charge in [-0.05, 0) is 54.1 Å². The summed E-state index contributed by atoms with van der Waals surface area (Å²) in [5.74, 6) is 0.194. The van der Waals surface area contributed by atoms with E-state index in [0.717, 1.165) is 0 Å². The lowest BCUT2D eigenvalue weighted by molar-refractivity contribution is 0.314. The first-order valence-electron chi connectivity index (χ1n) is 6.35. The molecule has 0 bridgehead atoms. The molecule has 0 amide bonds. The molecule has 3 N–H and O–H groups in total. The molecule has 20 heavy (non-hydrogen) atoms. The Morgan fingerprint density at radius 1 is 1.35 bits per heavy atom. The highest BCUT2D eigenvalue weighted by Crippen LogP contribution is 2.23. The Bertz CT molecular complexity index is 559. The fourth-order valence-corrected chi connectivity index (χ4v) is 3.39. The maximum Gasteiger partial charge on any atom is 0.240 e. The van der Waals surface area contributed by atoms with E-state index >= 15 is 0 Å². The number of rotatable bonds is 6. The molecule has 1 aromatic carbocycles. The van der Waals surface area contributed by atoms with Gasteiger partial charge in [0.15, 0.2) is 0 Å². The van der Waals surface area contributed by atoms with Crippen LogP contribution in [0, 0.1) is 5.92 Å². The summed E-state index contributed by atoms with van der Waals surface area (Å²) in [6, 6.07) is 4.48. The number of nitrogen functional groups attached to an aromatic ring is 1. The summed E-state index contributed by atoms with van der Waals surface area (Å²) in [6.07, 6.45) is 0. The molecular weight excluding hydrogens is 342 g/mol. The van der Waals surface area contributed by atoms with Crippen molar-refractivity contribution < 1.29 is 8.42 Å².